The van der Waals surface area contributed by atoms with Gasteiger partial charge in [0.2, 0.25) is 0 Å². The average Bonchev–Trinajstić information content (AvgIpc) is 2.47. The second kappa shape index (κ2) is 10.7. The predicted octanol–water partition coefficient (Wildman–Crippen LogP) is 5.37. The van der Waals surface area contributed by atoms with Crippen molar-refractivity contribution in [1.29, 1.82) is 5.26 Å². The molecule has 0 radical (unpaired) electrons. The zero-order valence-electron chi connectivity index (χ0n) is 12.3. The van der Waals surface area contributed by atoms with Crippen LogP contribution in [0.2, 0.25) is 0 Å². The summed E-state index contributed by atoms with van der Waals surface area (Å²) in [5, 5.41) is 10.0. The molecule has 0 atom stereocenters. The van der Waals surface area contributed by atoms with Crippen LogP contribution in [-0.2, 0) is 0 Å². The van der Waals surface area contributed by atoms with Gasteiger partial charge in [-0.1, -0.05) is 54.1 Å². The van der Waals surface area contributed by atoms with Crippen molar-refractivity contribution in [2.24, 2.45) is 0 Å². The maximum atomic E-state index is 8.87. The first-order valence-corrected chi connectivity index (χ1v) is 8.59. The van der Waals surface area contributed by atoms with Crippen molar-refractivity contribution >= 4 is 15.9 Å². The Balaban J connectivity index is 2.11. The summed E-state index contributed by atoms with van der Waals surface area (Å²) < 4.78 is 5.77. The number of ether oxygens (including phenoxy) is 1. The van der Waals surface area contributed by atoms with E-state index in [2.05, 4.69) is 22.0 Å². The number of alkyl halides is 1. The van der Waals surface area contributed by atoms with Gasteiger partial charge >= 0.3 is 0 Å². The second-order valence-electron chi connectivity index (χ2n) is 5.10. The van der Waals surface area contributed by atoms with E-state index in [-0.39, 0.29) is 0 Å². The van der Waals surface area contributed by atoms with Crippen molar-refractivity contribution in [2.75, 3.05) is 11.9 Å². The van der Waals surface area contributed by atoms with Crippen LogP contribution < -0.4 is 4.74 Å². The van der Waals surface area contributed by atoms with Crippen molar-refractivity contribution in [3.05, 3.63) is 29.3 Å². The van der Waals surface area contributed by atoms with E-state index < -0.39 is 0 Å². The van der Waals surface area contributed by atoms with Crippen LogP contribution in [0.5, 0.6) is 5.75 Å². The van der Waals surface area contributed by atoms with E-state index in [1.165, 1.54) is 38.5 Å². The highest BCUT2D eigenvalue weighted by Crippen LogP contribution is 2.19. The maximum absolute atomic E-state index is 8.87. The van der Waals surface area contributed by atoms with E-state index in [0.29, 0.717) is 5.56 Å². The normalized spacial score (nSPS) is 10.2. The van der Waals surface area contributed by atoms with Gasteiger partial charge in [0.1, 0.15) is 5.75 Å². The Kier molecular flexibility index (Phi) is 9.15. The van der Waals surface area contributed by atoms with Crippen LogP contribution in [0.3, 0.4) is 0 Å². The molecule has 0 spiro atoms. The lowest BCUT2D eigenvalue weighted by atomic mass is 10.1. The zero-order chi connectivity index (χ0) is 14.6. The van der Waals surface area contributed by atoms with Gasteiger partial charge in [-0.3, -0.25) is 0 Å². The number of rotatable bonds is 10. The van der Waals surface area contributed by atoms with Crippen LogP contribution in [-0.4, -0.2) is 11.9 Å². The minimum atomic E-state index is 0.664. The Labute approximate surface area is 131 Å². The van der Waals surface area contributed by atoms with Crippen molar-refractivity contribution in [3.63, 3.8) is 0 Å². The highest BCUT2D eigenvalue weighted by Gasteiger charge is 2.01. The maximum Gasteiger partial charge on any atom is 0.123 e. The summed E-state index contributed by atoms with van der Waals surface area (Å²) in [5.74, 6) is 0.848. The molecule has 0 aliphatic heterocycles. The molecule has 2 nitrogen and oxygen atoms in total. The monoisotopic (exact) mass is 337 g/mol. The molecule has 0 saturated heterocycles. The smallest absolute Gasteiger partial charge is 0.123 e. The lowest BCUT2D eigenvalue weighted by Crippen LogP contribution is -1.99. The summed E-state index contributed by atoms with van der Waals surface area (Å²) >= 11 is 3.45. The first kappa shape index (κ1) is 17.0. The zero-order valence-corrected chi connectivity index (χ0v) is 13.9. The van der Waals surface area contributed by atoms with Gasteiger partial charge < -0.3 is 4.74 Å². The van der Waals surface area contributed by atoms with Crippen LogP contribution in [0.4, 0.5) is 0 Å². The van der Waals surface area contributed by atoms with Crippen molar-refractivity contribution < 1.29 is 4.74 Å². The Morgan fingerprint density at radius 2 is 1.70 bits per heavy atom. The number of nitrogens with zero attached hydrogens (tertiary/aromatic N) is 1. The molecular weight excluding hydrogens is 314 g/mol. The van der Waals surface area contributed by atoms with Gasteiger partial charge in [0, 0.05) is 5.33 Å². The fourth-order valence-electron chi connectivity index (χ4n) is 2.09. The summed E-state index contributed by atoms with van der Waals surface area (Å²) in [6.07, 6.45) is 8.91. The third-order valence-electron chi connectivity index (χ3n) is 3.35. The van der Waals surface area contributed by atoms with Crippen LogP contribution >= 0.6 is 15.9 Å². The van der Waals surface area contributed by atoms with Crippen molar-refractivity contribution in [1.82, 2.24) is 0 Å². The number of unbranched alkanes of at least 4 members (excludes halogenated alkanes) is 6. The Hall–Kier alpha value is -1.01. The Morgan fingerprint density at radius 3 is 2.35 bits per heavy atom. The fourth-order valence-corrected chi connectivity index (χ4v) is 2.48. The Morgan fingerprint density at radius 1 is 1.05 bits per heavy atom. The molecule has 0 aromatic heterocycles. The molecule has 0 saturated carbocycles. The standard InChI is InChI=1S/C17H24BrNO/c1-15-9-10-16(14-19)13-17(15)20-12-8-6-4-2-3-5-7-11-18/h9-10,13H,2-8,11-12H2,1H3. The van der Waals surface area contributed by atoms with E-state index in [1.54, 1.807) is 0 Å². The second-order valence-corrected chi connectivity index (χ2v) is 5.90. The number of halogens is 1. The molecule has 0 aliphatic carbocycles. The number of benzene rings is 1. The molecule has 1 aromatic carbocycles. The van der Waals surface area contributed by atoms with E-state index in [4.69, 9.17) is 10.00 Å². The highest BCUT2D eigenvalue weighted by atomic mass is 79.9. The minimum absolute atomic E-state index is 0.664. The quantitative estimate of drug-likeness (QED) is 0.424. The van der Waals surface area contributed by atoms with Gasteiger partial charge in [0.25, 0.3) is 0 Å². The number of hydrogen-bond acceptors (Lipinski definition) is 2. The predicted molar refractivity (Wildman–Crippen MR) is 87.5 cm³/mol. The molecule has 1 rings (SSSR count). The van der Waals surface area contributed by atoms with Crippen LogP contribution in [0.25, 0.3) is 0 Å². The van der Waals surface area contributed by atoms with Gasteiger partial charge in [-0.05, 0) is 37.5 Å². The molecule has 0 heterocycles. The number of hydrogen-bond donors (Lipinski definition) is 0. The van der Waals surface area contributed by atoms with Gasteiger partial charge in [0.15, 0.2) is 0 Å². The third kappa shape index (κ3) is 6.96. The molecule has 0 N–H and O–H groups in total. The van der Waals surface area contributed by atoms with Gasteiger partial charge in [0.05, 0.1) is 18.2 Å². The van der Waals surface area contributed by atoms with Gasteiger partial charge in [-0.2, -0.15) is 5.26 Å². The molecular formula is C17H24BrNO. The Bertz CT molecular complexity index is 425. The van der Waals surface area contributed by atoms with Crippen LogP contribution in [0, 0.1) is 18.3 Å². The summed E-state index contributed by atoms with van der Waals surface area (Å²) in [6, 6.07) is 7.75. The van der Waals surface area contributed by atoms with Crippen LogP contribution in [0.1, 0.15) is 56.1 Å². The lowest BCUT2D eigenvalue weighted by Gasteiger charge is -2.09. The SMILES string of the molecule is Cc1ccc(C#N)cc1OCCCCCCCCCBr. The fraction of sp³-hybridized carbons (Fsp3) is 0.588. The first-order chi connectivity index (χ1) is 9.77. The third-order valence-corrected chi connectivity index (χ3v) is 3.91. The van der Waals surface area contributed by atoms with Gasteiger partial charge in [-0.15, -0.1) is 0 Å². The van der Waals surface area contributed by atoms with E-state index in [1.807, 2.05) is 25.1 Å². The molecule has 1 aromatic rings. The molecule has 0 bridgehead atoms. The van der Waals surface area contributed by atoms with E-state index in [0.717, 1.165) is 29.7 Å². The summed E-state index contributed by atoms with van der Waals surface area (Å²) in [7, 11) is 0. The number of nitriles is 1. The molecule has 0 fully saturated rings. The van der Waals surface area contributed by atoms with E-state index >= 15 is 0 Å². The lowest BCUT2D eigenvalue weighted by molar-refractivity contribution is 0.302. The largest absolute Gasteiger partial charge is 0.493 e. The summed E-state index contributed by atoms with van der Waals surface area (Å²) in [6.45, 7) is 2.76. The molecule has 0 unspecified atom stereocenters. The topological polar surface area (TPSA) is 33.0 Å². The molecule has 3 heteroatoms. The minimum Gasteiger partial charge on any atom is -0.493 e. The molecule has 0 amide bonds. The first-order valence-electron chi connectivity index (χ1n) is 7.47. The average molecular weight is 338 g/mol. The van der Waals surface area contributed by atoms with Gasteiger partial charge in [-0.25, -0.2) is 0 Å². The number of aryl methyl sites for hydroxylation is 1. The molecule has 110 valence electrons. The van der Waals surface area contributed by atoms with E-state index in [9.17, 15) is 0 Å². The van der Waals surface area contributed by atoms with Crippen molar-refractivity contribution in [2.45, 2.75) is 51.9 Å². The summed E-state index contributed by atoms with van der Waals surface area (Å²) in [5.41, 5.74) is 1.76. The molecule has 20 heavy (non-hydrogen) atoms. The summed E-state index contributed by atoms with van der Waals surface area (Å²) in [4.78, 5) is 0. The van der Waals surface area contributed by atoms with Crippen LogP contribution in [0.15, 0.2) is 18.2 Å². The highest BCUT2D eigenvalue weighted by molar-refractivity contribution is 9.09. The van der Waals surface area contributed by atoms with Crippen molar-refractivity contribution in [3.8, 4) is 11.8 Å². The molecule has 0 aliphatic rings.